The van der Waals surface area contributed by atoms with Crippen LogP contribution in [0, 0.1) is 17.3 Å². The minimum absolute atomic E-state index is 0.0134. The van der Waals surface area contributed by atoms with Gasteiger partial charge >= 0.3 is 0 Å². The number of hydrogen-bond acceptors (Lipinski definition) is 5. The first-order valence-electron chi connectivity index (χ1n) is 12.6. The topological polar surface area (TPSA) is 83.8 Å². The highest BCUT2D eigenvalue weighted by Gasteiger charge is 2.71. The second kappa shape index (κ2) is 8.86. The molecule has 0 spiro atoms. The van der Waals surface area contributed by atoms with Gasteiger partial charge in [-0.3, -0.25) is 14.5 Å². The van der Waals surface area contributed by atoms with E-state index in [2.05, 4.69) is 39.8 Å². The fourth-order valence-electron chi connectivity index (χ4n) is 5.96. The van der Waals surface area contributed by atoms with E-state index < -0.39 is 0 Å². The zero-order valence-corrected chi connectivity index (χ0v) is 19.5. The van der Waals surface area contributed by atoms with Gasteiger partial charge in [-0.1, -0.05) is 30.3 Å². The second-order valence-electron chi connectivity index (χ2n) is 10.5. The normalized spacial score (nSPS) is 28.9. The Morgan fingerprint density at radius 3 is 2.62 bits per heavy atom. The van der Waals surface area contributed by atoms with Crippen molar-refractivity contribution in [2.24, 2.45) is 17.3 Å². The largest absolute Gasteiger partial charge is 0.459 e. The van der Waals surface area contributed by atoms with Crippen LogP contribution < -0.4 is 10.6 Å². The number of furan rings is 1. The van der Waals surface area contributed by atoms with Gasteiger partial charge in [-0.25, -0.2) is 0 Å². The zero-order valence-electron chi connectivity index (χ0n) is 19.5. The molecular weight excluding hydrogens is 430 g/mol. The van der Waals surface area contributed by atoms with Crippen LogP contribution >= 0.6 is 0 Å². The van der Waals surface area contributed by atoms with E-state index in [4.69, 9.17) is 9.15 Å². The molecule has 0 radical (unpaired) electrons. The van der Waals surface area contributed by atoms with E-state index in [1.54, 1.807) is 6.26 Å². The van der Waals surface area contributed by atoms with Gasteiger partial charge in [0, 0.05) is 37.8 Å². The molecule has 7 nitrogen and oxygen atoms in total. The Morgan fingerprint density at radius 2 is 1.88 bits per heavy atom. The molecule has 3 aliphatic carbocycles. The number of carbonyl (C=O) groups is 2. The number of rotatable bonds is 9. The molecule has 3 saturated carbocycles. The number of morpholine rings is 1. The van der Waals surface area contributed by atoms with E-state index in [1.165, 1.54) is 5.56 Å². The van der Waals surface area contributed by atoms with Crippen LogP contribution in [-0.4, -0.2) is 55.6 Å². The summed E-state index contributed by atoms with van der Waals surface area (Å²) in [7, 11) is 0. The fourth-order valence-corrected chi connectivity index (χ4v) is 5.96. The molecule has 34 heavy (non-hydrogen) atoms. The van der Waals surface area contributed by atoms with Crippen molar-refractivity contribution in [2.45, 2.75) is 44.2 Å². The lowest BCUT2D eigenvalue weighted by Crippen LogP contribution is -2.50. The monoisotopic (exact) mass is 463 g/mol. The number of ether oxygens (including phenoxy) is 1. The summed E-state index contributed by atoms with van der Waals surface area (Å²) in [4.78, 5) is 28.4. The number of hydrogen-bond donors (Lipinski definition) is 2. The summed E-state index contributed by atoms with van der Waals surface area (Å²) < 4.78 is 11.0. The smallest absolute Gasteiger partial charge is 0.287 e. The minimum atomic E-state index is -0.205. The minimum Gasteiger partial charge on any atom is -0.459 e. The predicted octanol–water partition coefficient (Wildman–Crippen LogP) is 2.93. The Bertz CT molecular complexity index is 1040. The van der Waals surface area contributed by atoms with E-state index in [0.29, 0.717) is 36.6 Å². The quantitative estimate of drug-likeness (QED) is 0.598. The SMILES string of the molecule is O=C(NCC(NC(=O)[C@@]12C[C@H](c3ccccc3)[C@@H]1C2)C1CC1)c1occc1CN1CCOCC1. The van der Waals surface area contributed by atoms with Crippen molar-refractivity contribution >= 4 is 11.8 Å². The molecular formula is C27H33N3O4. The first-order chi connectivity index (χ1) is 16.6. The third kappa shape index (κ3) is 4.16. The standard InChI is InChI=1S/C27H33N3O4/c31-25(24-20(8-11-34-24)17-30-9-12-33-13-10-30)28-16-23(19-6-7-19)29-26(32)27-14-21(22(27)15-27)18-4-2-1-3-5-18/h1-5,8,11,19,21-23H,6-7,9-10,12-17H2,(H,28,31)(H,29,32)/t21-,22+,23?,27-/m1/s1. The first-order valence-corrected chi connectivity index (χ1v) is 12.6. The van der Waals surface area contributed by atoms with Crippen LogP contribution in [0.4, 0.5) is 0 Å². The van der Waals surface area contributed by atoms with Gasteiger partial charge in [0.1, 0.15) is 0 Å². The predicted molar refractivity (Wildman–Crippen MR) is 126 cm³/mol. The van der Waals surface area contributed by atoms with Crippen LogP contribution in [0.5, 0.6) is 0 Å². The third-order valence-corrected chi connectivity index (χ3v) is 8.32. The molecule has 6 rings (SSSR count). The molecule has 2 amide bonds. The molecule has 4 atom stereocenters. The maximum atomic E-state index is 13.2. The molecule has 4 aliphatic rings. The summed E-state index contributed by atoms with van der Waals surface area (Å²) in [5.74, 6) is 1.78. The highest BCUT2D eigenvalue weighted by Crippen LogP contribution is 2.74. The Labute approximate surface area is 200 Å². The summed E-state index contributed by atoms with van der Waals surface area (Å²) >= 11 is 0. The molecule has 2 heterocycles. The fraction of sp³-hybridized carbons (Fsp3) is 0.556. The van der Waals surface area contributed by atoms with Gasteiger partial charge in [0.15, 0.2) is 5.76 Å². The molecule has 2 aromatic rings. The van der Waals surface area contributed by atoms with Crippen molar-refractivity contribution in [2.75, 3.05) is 32.8 Å². The molecule has 1 aromatic carbocycles. The van der Waals surface area contributed by atoms with Crippen LogP contribution in [-0.2, 0) is 16.1 Å². The third-order valence-electron chi connectivity index (χ3n) is 8.32. The van der Waals surface area contributed by atoms with E-state index in [0.717, 1.165) is 57.6 Å². The van der Waals surface area contributed by atoms with Crippen LogP contribution in [0.2, 0.25) is 0 Å². The number of nitrogens with one attached hydrogen (secondary N) is 2. The number of fused-ring (bicyclic) bond motifs is 1. The molecule has 1 aliphatic heterocycles. The molecule has 4 fully saturated rings. The lowest BCUT2D eigenvalue weighted by Gasteiger charge is -2.35. The maximum Gasteiger partial charge on any atom is 0.287 e. The molecule has 180 valence electrons. The first kappa shape index (κ1) is 21.9. The van der Waals surface area contributed by atoms with E-state index in [1.807, 2.05) is 12.1 Å². The van der Waals surface area contributed by atoms with Gasteiger partial charge in [-0.05, 0) is 55.1 Å². The van der Waals surface area contributed by atoms with E-state index in [-0.39, 0.29) is 23.3 Å². The molecule has 1 aromatic heterocycles. The number of benzene rings is 1. The van der Waals surface area contributed by atoms with Gasteiger partial charge in [-0.2, -0.15) is 0 Å². The van der Waals surface area contributed by atoms with Crippen molar-refractivity contribution in [3.05, 3.63) is 59.5 Å². The molecule has 0 bridgehead atoms. The average molecular weight is 464 g/mol. The number of nitrogens with zero attached hydrogens (tertiary/aromatic N) is 1. The summed E-state index contributed by atoms with van der Waals surface area (Å²) in [5, 5.41) is 6.34. The van der Waals surface area contributed by atoms with E-state index >= 15 is 0 Å². The van der Waals surface area contributed by atoms with Crippen LogP contribution in [0.1, 0.15) is 53.3 Å². The Hall–Kier alpha value is -2.64. The average Bonchev–Trinajstić information content (AvgIpc) is 3.74. The molecule has 7 heteroatoms. The van der Waals surface area contributed by atoms with Crippen LogP contribution in [0.3, 0.4) is 0 Å². The van der Waals surface area contributed by atoms with Crippen LogP contribution in [0.15, 0.2) is 47.1 Å². The molecule has 2 N–H and O–H groups in total. The van der Waals surface area contributed by atoms with Crippen molar-refractivity contribution in [3.63, 3.8) is 0 Å². The van der Waals surface area contributed by atoms with Gasteiger partial charge in [0.2, 0.25) is 5.91 Å². The van der Waals surface area contributed by atoms with Crippen molar-refractivity contribution in [3.8, 4) is 0 Å². The van der Waals surface area contributed by atoms with Gasteiger partial charge in [0.25, 0.3) is 5.91 Å². The number of carbonyl (C=O) groups excluding carboxylic acids is 2. The van der Waals surface area contributed by atoms with Gasteiger partial charge in [0.05, 0.1) is 24.9 Å². The lowest BCUT2D eigenvalue weighted by atomic mass is 9.71. The number of amides is 2. The zero-order chi connectivity index (χ0) is 23.1. The van der Waals surface area contributed by atoms with Gasteiger partial charge < -0.3 is 19.8 Å². The summed E-state index contributed by atoms with van der Waals surface area (Å²) in [6.45, 7) is 4.27. The van der Waals surface area contributed by atoms with Crippen molar-refractivity contribution < 1.29 is 18.7 Å². The summed E-state index contributed by atoms with van der Waals surface area (Å²) in [6.07, 6.45) is 5.71. The Kier molecular flexibility index (Phi) is 5.70. The van der Waals surface area contributed by atoms with Crippen molar-refractivity contribution in [1.82, 2.24) is 15.5 Å². The molecule has 1 saturated heterocycles. The second-order valence-corrected chi connectivity index (χ2v) is 10.5. The van der Waals surface area contributed by atoms with Crippen LogP contribution in [0.25, 0.3) is 0 Å². The lowest BCUT2D eigenvalue weighted by molar-refractivity contribution is -0.130. The Balaban J connectivity index is 1.03. The van der Waals surface area contributed by atoms with Crippen molar-refractivity contribution in [1.29, 1.82) is 0 Å². The molecule has 1 unspecified atom stereocenters. The highest BCUT2D eigenvalue weighted by molar-refractivity contribution is 5.93. The van der Waals surface area contributed by atoms with E-state index in [9.17, 15) is 9.59 Å². The highest BCUT2D eigenvalue weighted by atomic mass is 16.5. The Morgan fingerprint density at radius 1 is 1.09 bits per heavy atom. The maximum absolute atomic E-state index is 13.2. The summed E-state index contributed by atoms with van der Waals surface area (Å²) in [5.41, 5.74) is 2.07. The van der Waals surface area contributed by atoms with Gasteiger partial charge in [-0.15, -0.1) is 0 Å². The summed E-state index contributed by atoms with van der Waals surface area (Å²) in [6, 6.07) is 12.4.